The van der Waals surface area contributed by atoms with Gasteiger partial charge >= 0.3 is 0 Å². The standard InChI is InChI=1S/C16H23NO/c1-4-17(5-2)16-12-10-15(11-13-16)9-7-6-8-14(3)18/h6-7,10-13H,4-5,8-9H2,1-3H3. The van der Waals surface area contributed by atoms with Crippen LogP contribution in [0.5, 0.6) is 0 Å². The maximum Gasteiger partial charge on any atom is 0.133 e. The molecule has 0 aliphatic carbocycles. The zero-order valence-electron chi connectivity index (χ0n) is 11.6. The minimum absolute atomic E-state index is 0.211. The van der Waals surface area contributed by atoms with Gasteiger partial charge in [-0.05, 0) is 44.9 Å². The zero-order chi connectivity index (χ0) is 13.4. The van der Waals surface area contributed by atoms with Crippen molar-refractivity contribution in [3.63, 3.8) is 0 Å². The fourth-order valence-electron chi connectivity index (χ4n) is 1.90. The van der Waals surface area contributed by atoms with Crippen LogP contribution in [0.15, 0.2) is 36.4 Å². The molecular formula is C16H23NO. The fraction of sp³-hybridized carbons (Fsp3) is 0.438. The van der Waals surface area contributed by atoms with Crippen LogP contribution < -0.4 is 4.90 Å². The molecule has 0 aliphatic rings. The van der Waals surface area contributed by atoms with Gasteiger partial charge < -0.3 is 4.90 Å². The van der Waals surface area contributed by atoms with Crippen molar-refractivity contribution in [2.75, 3.05) is 18.0 Å². The second-order valence-electron chi connectivity index (χ2n) is 4.42. The highest BCUT2D eigenvalue weighted by Crippen LogP contribution is 2.15. The minimum Gasteiger partial charge on any atom is -0.372 e. The van der Waals surface area contributed by atoms with Crippen molar-refractivity contribution in [2.24, 2.45) is 0 Å². The molecule has 0 radical (unpaired) electrons. The van der Waals surface area contributed by atoms with Crippen molar-refractivity contribution in [3.05, 3.63) is 42.0 Å². The van der Waals surface area contributed by atoms with Crippen LogP contribution in [0.3, 0.4) is 0 Å². The Balaban J connectivity index is 2.55. The predicted octanol–water partition coefficient (Wildman–Crippen LogP) is 3.61. The van der Waals surface area contributed by atoms with Crippen LogP contribution >= 0.6 is 0 Å². The first-order valence-electron chi connectivity index (χ1n) is 6.65. The van der Waals surface area contributed by atoms with Gasteiger partial charge in [0, 0.05) is 25.2 Å². The Kier molecular flexibility index (Phi) is 6.20. The molecule has 0 aliphatic heterocycles. The minimum atomic E-state index is 0.211. The highest BCUT2D eigenvalue weighted by atomic mass is 16.1. The largest absolute Gasteiger partial charge is 0.372 e. The Hall–Kier alpha value is -1.57. The second kappa shape index (κ2) is 7.70. The van der Waals surface area contributed by atoms with Gasteiger partial charge in [-0.1, -0.05) is 24.3 Å². The van der Waals surface area contributed by atoms with Gasteiger partial charge in [0.1, 0.15) is 5.78 Å². The van der Waals surface area contributed by atoms with Gasteiger partial charge in [0.2, 0.25) is 0 Å². The number of Topliss-reactive ketones (excluding diaryl/α,β-unsaturated/α-hetero) is 1. The lowest BCUT2D eigenvalue weighted by Crippen LogP contribution is -2.21. The molecule has 0 spiro atoms. The van der Waals surface area contributed by atoms with E-state index in [1.165, 1.54) is 11.3 Å². The number of benzene rings is 1. The molecule has 0 N–H and O–H groups in total. The van der Waals surface area contributed by atoms with Crippen molar-refractivity contribution in [1.29, 1.82) is 0 Å². The summed E-state index contributed by atoms with van der Waals surface area (Å²) in [7, 11) is 0. The van der Waals surface area contributed by atoms with Crippen molar-refractivity contribution in [1.82, 2.24) is 0 Å². The van der Waals surface area contributed by atoms with Gasteiger partial charge in [0.05, 0.1) is 0 Å². The molecule has 0 saturated carbocycles. The van der Waals surface area contributed by atoms with Crippen LogP contribution in [-0.2, 0) is 11.2 Å². The van der Waals surface area contributed by atoms with Crippen LogP contribution in [0.2, 0.25) is 0 Å². The molecule has 1 rings (SSSR count). The van der Waals surface area contributed by atoms with Gasteiger partial charge in [0.25, 0.3) is 0 Å². The van der Waals surface area contributed by atoms with E-state index in [-0.39, 0.29) is 5.78 Å². The third kappa shape index (κ3) is 4.74. The third-order valence-corrected chi connectivity index (χ3v) is 2.99. The van der Waals surface area contributed by atoms with Crippen LogP contribution in [0.25, 0.3) is 0 Å². The maximum atomic E-state index is 10.8. The molecule has 2 heteroatoms. The normalized spacial score (nSPS) is 10.8. The van der Waals surface area contributed by atoms with Gasteiger partial charge in [0.15, 0.2) is 0 Å². The SMILES string of the molecule is CCN(CC)c1ccc(CC=CCC(C)=O)cc1. The number of carbonyl (C=O) groups excluding carboxylic acids is 1. The van der Waals surface area contributed by atoms with E-state index in [4.69, 9.17) is 0 Å². The molecule has 0 unspecified atom stereocenters. The number of hydrogen-bond acceptors (Lipinski definition) is 2. The molecule has 0 atom stereocenters. The van der Waals surface area contributed by atoms with Crippen LogP contribution in [0.4, 0.5) is 5.69 Å². The van der Waals surface area contributed by atoms with Gasteiger partial charge in [-0.15, -0.1) is 0 Å². The van der Waals surface area contributed by atoms with Crippen molar-refractivity contribution in [2.45, 2.75) is 33.6 Å². The molecule has 0 saturated heterocycles. The molecular weight excluding hydrogens is 222 g/mol. The van der Waals surface area contributed by atoms with Crippen LogP contribution in [-0.4, -0.2) is 18.9 Å². The molecule has 1 aromatic carbocycles. The maximum absolute atomic E-state index is 10.8. The molecule has 0 aromatic heterocycles. The topological polar surface area (TPSA) is 20.3 Å². The molecule has 0 heterocycles. The summed E-state index contributed by atoms with van der Waals surface area (Å²) >= 11 is 0. The molecule has 98 valence electrons. The monoisotopic (exact) mass is 245 g/mol. The lowest BCUT2D eigenvalue weighted by atomic mass is 10.1. The third-order valence-electron chi connectivity index (χ3n) is 2.99. The van der Waals surface area contributed by atoms with E-state index in [2.05, 4.69) is 49.1 Å². The summed E-state index contributed by atoms with van der Waals surface area (Å²) < 4.78 is 0. The Labute approximate surface area is 110 Å². The van der Waals surface area contributed by atoms with E-state index in [9.17, 15) is 4.79 Å². The average Bonchev–Trinajstić information content (AvgIpc) is 2.37. The lowest BCUT2D eigenvalue weighted by Gasteiger charge is -2.21. The lowest BCUT2D eigenvalue weighted by molar-refractivity contribution is -0.116. The summed E-state index contributed by atoms with van der Waals surface area (Å²) in [5, 5.41) is 0. The summed E-state index contributed by atoms with van der Waals surface area (Å²) in [6.45, 7) is 8.02. The first-order chi connectivity index (χ1) is 8.67. The smallest absolute Gasteiger partial charge is 0.133 e. The van der Waals surface area contributed by atoms with E-state index < -0.39 is 0 Å². The Bertz CT molecular complexity index is 388. The number of anilines is 1. The van der Waals surface area contributed by atoms with E-state index >= 15 is 0 Å². The number of ketones is 1. The van der Waals surface area contributed by atoms with Crippen LogP contribution in [0, 0.1) is 0 Å². The summed E-state index contributed by atoms with van der Waals surface area (Å²) in [6.07, 6.45) is 5.44. The molecule has 0 bridgehead atoms. The molecule has 0 fully saturated rings. The van der Waals surface area contributed by atoms with Gasteiger partial charge in [-0.3, -0.25) is 4.79 Å². The number of allylic oxidation sites excluding steroid dienone is 2. The van der Waals surface area contributed by atoms with Gasteiger partial charge in [-0.25, -0.2) is 0 Å². The van der Waals surface area contributed by atoms with E-state index in [1.807, 2.05) is 6.08 Å². The second-order valence-corrected chi connectivity index (χ2v) is 4.42. The Morgan fingerprint density at radius 3 is 2.22 bits per heavy atom. The Morgan fingerprint density at radius 1 is 1.11 bits per heavy atom. The average molecular weight is 245 g/mol. The van der Waals surface area contributed by atoms with E-state index in [1.54, 1.807) is 6.92 Å². The first-order valence-corrected chi connectivity index (χ1v) is 6.65. The highest BCUT2D eigenvalue weighted by molar-refractivity contribution is 5.76. The summed E-state index contributed by atoms with van der Waals surface area (Å²) in [5.74, 6) is 0.211. The molecule has 18 heavy (non-hydrogen) atoms. The fourth-order valence-corrected chi connectivity index (χ4v) is 1.90. The molecule has 2 nitrogen and oxygen atoms in total. The number of rotatable bonds is 7. The quantitative estimate of drug-likeness (QED) is 0.684. The number of hydrogen-bond donors (Lipinski definition) is 0. The number of nitrogens with zero attached hydrogens (tertiary/aromatic N) is 1. The zero-order valence-corrected chi connectivity index (χ0v) is 11.6. The predicted molar refractivity (Wildman–Crippen MR) is 78.1 cm³/mol. The van der Waals surface area contributed by atoms with Crippen LogP contribution in [0.1, 0.15) is 32.8 Å². The van der Waals surface area contributed by atoms with Crippen molar-refractivity contribution < 1.29 is 4.79 Å². The number of carbonyl (C=O) groups is 1. The summed E-state index contributed by atoms with van der Waals surface area (Å²) in [4.78, 5) is 13.1. The van der Waals surface area contributed by atoms with E-state index in [0.29, 0.717) is 6.42 Å². The highest BCUT2D eigenvalue weighted by Gasteiger charge is 2.00. The first kappa shape index (κ1) is 14.5. The summed E-state index contributed by atoms with van der Waals surface area (Å²) in [6, 6.07) is 8.65. The summed E-state index contributed by atoms with van der Waals surface area (Å²) in [5.41, 5.74) is 2.56. The Morgan fingerprint density at radius 2 is 1.72 bits per heavy atom. The molecule has 0 amide bonds. The molecule has 1 aromatic rings. The van der Waals surface area contributed by atoms with Gasteiger partial charge in [-0.2, -0.15) is 0 Å². The van der Waals surface area contributed by atoms with Crippen molar-refractivity contribution >= 4 is 11.5 Å². The van der Waals surface area contributed by atoms with E-state index in [0.717, 1.165) is 19.5 Å². The van der Waals surface area contributed by atoms with Crippen molar-refractivity contribution in [3.8, 4) is 0 Å².